The Hall–Kier alpha value is -0.840. The zero-order valence-corrected chi connectivity index (χ0v) is 9.21. The molecule has 0 aromatic rings. The Bertz CT molecular complexity index is 269. The molecule has 0 aromatic carbocycles. The summed E-state index contributed by atoms with van der Waals surface area (Å²) in [5.41, 5.74) is 0. The van der Waals surface area contributed by atoms with Crippen molar-refractivity contribution in [2.24, 2.45) is 5.11 Å². The maximum absolute atomic E-state index is 10.4. The molecule has 0 bridgehead atoms. The Morgan fingerprint density at radius 3 is 2.47 bits per heavy atom. The van der Waals surface area contributed by atoms with Crippen LogP contribution in [0.2, 0.25) is 0 Å². The minimum atomic E-state index is -1.50. The first-order valence-corrected chi connectivity index (χ1v) is 4.97. The number of hydrogen-bond donors (Lipinski definition) is 4. The highest BCUT2D eigenvalue weighted by molar-refractivity contribution is 4.88. The SMILES string of the molecule is C[N+]([O-])=NCOC1OC(CO)C(O)C(O)C1O. The van der Waals surface area contributed by atoms with Gasteiger partial charge >= 0.3 is 0 Å². The molecule has 9 nitrogen and oxygen atoms in total. The summed E-state index contributed by atoms with van der Waals surface area (Å²) in [7, 11) is 1.15. The normalized spacial score (nSPS) is 39.4. The Balaban J connectivity index is 2.56. The summed E-state index contributed by atoms with van der Waals surface area (Å²) in [6.07, 6.45) is -6.73. The van der Waals surface area contributed by atoms with Crippen LogP contribution in [0.4, 0.5) is 0 Å². The number of aliphatic hydroxyl groups is 4. The third-order valence-corrected chi connectivity index (χ3v) is 2.34. The van der Waals surface area contributed by atoms with E-state index in [1.807, 2.05) is 0 Å². The van der Waals surface area contributed by atoms with Gasteiger partial charge in [-0.3, -0.25) is 0 Å². The van der Waals surface area contributed by atoms with Gasteiger partial charge in [-0.2, -0.15) is 0 Å². The van der Waals surface area contributed by atoms with E-state index in [-0.39, 0.29) is 11.6 Å². The lowest BCUT2D eigenvalue weighted by Gasteiger charge is -2.39. The van der Waals surface area contributed by atoms with Crippen LogP contribution in [0.3, 0.4) is 0 Å². The molecule has 1 heterocycles. The molecule has 1 fully saturated rings. The highest BCUT2D eigenvalue weighted by Gasteiger charge is 2.44. The van der Waals surface area contributed by atoms with E-state index >= 15 is 0 Å². The van der Waals surface area contributed by atoms with Gasteiger partial charge in [-0.05, 0) is 5.11 Å². The second kappa shape index (κ2) is 6.19. The van der Waals surface area contributed by atoms with E-state index in [0.717, 1.165) is 7.05 Å². The molecule has 0 spiro atoms. The number of rotatable bonds is 4. The summed E-state index contributed by atoms with van der Waals surface area (Å²) in [4.78, 5) is 0.268. The van der Waals surface area contributed by atoms with Gasteiger partial charge in [-0.25, -0.2) is 0 Å². The van der Waals surface area contributed by atoms with Crippen molar-refractivity contribution in [3.05, 3.63) is 5.21 Å². The van der Waals surface area contributed by atoms with Crippen molar-refractivity contribution in [3.63, 3.8) is 0 Å². The summed E-state index contributed by atoms with van der Waals surface area (Å²) in [5.74, 6) is 0. The first kappa shape index (κ1) is 14.2. The fourth-order valence-electron chi connectivity index (χ4n) is 1.39. The van der Waals surface area contributed by atoms with Gasteiger partial charge in [0.1, 0.15) is 24.4 Å². The van der Waals surface area contributed by atoms with E-state index in [0.29, 0.717) is 0 Å². The summed E-state index contributed by atoms with van der Waals surface area (Å²) in [6.45, 7) is -0.911. The van der Waals surface area contributed by atoms with Crippen LogP contribution in [0.5, 0.6) is 0 Å². The monoisotopic (exact) mass is 252 g/mol. The summed E-state index contributed by atoms with van der Waals surface area (Å²) < 4.78 is 9.89. The minimum Gasteiger partial charge on any atom is -0.600 e. The van der Waals surface area contributed by atoms with Crippen LogP contribution in [-0.2, 0) is 9.47 Å². The van der Waals surface area contributed by atoms with E-state index in [4.69, 9.17) is 14.6 Å². The van der Waals surface area contributed by atoms with Crippen LogP contribution < -0.4 is 0 Å². The van der Waals surface area contributed by atoms with Gasteiger partial charge in [0.2, 0.25) is 6.73 Å². The van der Waals surface area contributed by atoms with Gasteiger partial charge in [-0.1, -0.05) is 4.86 Å². The minimum absolute atomic E-state index is 0.268. The topological polar surface area (TPSA) is 138 Å². The number of aliphatic hydroxyl groups excluding tert-OH is 4. The molecule has 4 N–H and O–H groups in total. The summed E-state index contributed by atoms with van der Waals surface area (Å²) >= 11 is 0. The molecule has 5 atom stereocenters. The molecular formula is C8H16N2O7. The zero-order valence-electron chi connectivity index (χ0n) is 9.21. The molecule has 0 radical (unpaired) electrons. The van der Waals surface area contributed by atoms with E-state index in [9.17, 15) is 20.5 Å². The summed E-state index contributed by atoms with van der Waals surface area (Å²) in [5, 5.41) is 51.0. The van der Waals surface area contributed by atoms with Gasteiger partial charge < -0.3 is 35.1 Å². The van der Waals surface area contributed by atoms with Crippen molar-refractivity contribution in [2.45, 2.75) is 30.7 Å². The average molecular weight is 252 g/mol. The third-order valence-electron chi connectivity index (χ3n) is 2.34. The van der Waals surface area contributed by atoms with Crippen molar-refractivity contribution >= 4 is 0 Å². The molecule has 1 saturated heterocycles. The number of hydrogen-bond acceptors (Lipinski definition) is 8. The van der Waals surface area contributed by atoms with Crippen molar-refractivity contribution in [1.82, 2.24) is 0 Å². The maximum Gasteiger partial charge on any atom is 0.203 e. The van der Waals surface area contributed by atoms with Crippen LogP contribution in [-0.4, -0.2) is 76.4 Å². The van der Waals surface area contributed by atoms with E-state index in [1.165, 1.54) is 0 Å². The number of hydroxylamine groups is 1. The van der Waals surface area contributed by atoms with Crippen molar-refractivity contribution in [2.75, 3.05) is 20.4 Å². The second-order valence-corrected chi connectivity index (χ2v) is 3.60. The lowest BCUT2D eigenvalue weighted by molar-refractivity contribution is -0.505. The second-order valence-electron chi connectivity index (χ2n) is 3.60. The standard InChI is InChI=1S/C8H16N2O7/c1-10(15)9-3-16-8-7(14)6(13)5(12)4(2-11)17-8/h4-8,11-14H,2-3H2,1H3. The van der Waals surface area contributed by atoms with E-state index < -0.39 is 37.3 Å². The number of ether oxygens (including phenoxy) is 2. The average Bonchev–Trinajstić information content (AvgIpc) is 2.29. The predicted octanol–water partition coefficient (Wildman–Crippen LogP) is -2.65. The fourth-order valence-corrected chi connectivity index (χ4v) is 1.39. The third kappa shape index (κ3) is 3.56. The molecule has 1 rings (SSSR count). The first-order chi connectivity index (χ1) is 7.97. The van der Waals surface area contributed by atoms with Crippen molar-refractivity contribution in [3.8, 4) is 0 Å². The Labute approximate surface area is 97.1 Å². The molecule has 17 heavy (non-hydrogen) atoms. The number of nitrogens with zero attached hydrogens (tertiary/aromatic N) is 2. The fraction of sp³-hybridized carbons (Fsp3) is 1.00. The predicted molar refractivity (Wildman–Crippen MR) is 51.7 cm³/mol. The molecule has 0 aromatic heterocycles. The summed E-state index contributed by atoms with van der Waals surface area (Å²) in [6, 6.07) is 0. The molecule has 0 amide bonds. The first-order valence-electron chi connectivity index (χ1n) is 4.97. The molecule has 9 heteroatoms. The quantitative estimate of drug-likeness (QED) is 0.243. The maximum atomic E-state index is 10.4. The highest BCUT2D eigenvalue weighted by Crippen LogP contribution is 2.21. The van der Waals surface area contributed by atoms with E-state index in [2.05, 4.69) is 5.11 Å². The lowest BCUT2D eigenvalue weighted by Crippen LogP contribution is -2.59. The molecule has 1 aliphatic heterocycles. The number of azo groups is 1. The van der Waals surface area contributed by atoms with Gasteiger partial charge in [-0.15, -0.1) is 0 Å². The largest absolute Gasteiger partial charge is 0.600 e. The molecule has 0 saturated carbocycles. The van der Waals surface area contributed by atoms with Gasteiger partial charge in [0.05, 0.1) is 6.61 Å². The zero-order chi connectivity index (χ0) is 13.0. The van der Waals surface area contributed by atoms with Gasteiger partial charge in [0, 0.05) is 0 Å². The molecular weight excluding hydrogens is 236 g/mol. The molecule has 0 aliphatic carbocycles. The van der Waals surface area contributed by atoms with Crippen LogP contribution in [0, 0.1) is 5.21 Å². The van der Waals surface area contributed by atoms with Crippen LogP contribution in [0.25, 0.3) is 0 Å². The Morgan fingerprint density at radius 1 is 1.29 bits per heavy atom. The van der Waals surface area contributed by atoms with E-state index in [1.54, 1.807) is 0 Å². The highest BCUT2D eigenvalue weighted by atomic mass is 16.7. The van der Waals surface area contributed by atoms with Crippen LogP contribution >= 0.6 is 0 Å². The smallest absolute Gasteiger partial charge is 0.203 e. The Kier molecular flexibility index (Phi) is 5.18. The van der Waals surface area contributed by atoms with Crippen LogP contribution in [0.1, 0.15) is 0 Å². The van der Waals surface area contributed by atoms with Gasteiger partial charge in [0.15, 0.2) is 13.3 Å². The molecule has 100 valence electrons. The van der Waals surface area contributed by atoms with Crippen LogP contribution in [0.15, 0.2) is 5.11 Å². The molecule has 5 unspecified atom stereocenters. The molecule has 1 aliphatic rings. The van der Waals surface area contributed by atoms with Crippen molar-refractivity contribution in [1.29, 1.82) is 0 Å². The lowest BCUT2D eigenvalue weighted by atomic mass is 9.99. The van der Waals surface area contributed by atoms with Crippen molar-refractivity contribution < 1.29 is 34.8 Å². The Morgan fingerprint density at radius 2 is 1.94 bits per heavy atom. The van der Waals surface area contributed by atoms with Gasteiger partial charge in [0.25, 0.3) is 0 Å².